The molecule has 2 aromatic carbocycles. The SMILES string of the molecule is C=NC[C@@H]1CCCN1C(=O)CN1CC[C@H](Oc2ccc(Cl)c3ccccc23)C1. The second-order valence-electron chi connectivity index (χ2n) is 7.64. The topological polar surface area (TPSA) is 45.1 Å². The molecular formula is C22H26ClN3O2. The number of aliphatic imine (C=N–C) groups is 1. The summed E-state index contributed by atoms with van der Waals surface area (Å²) in [4.78, 5) is 20.9. The van der Waals surface area contributed by atoms with Crippen LogP contribution in [0, 0.1) is 0 Å². The number of amides is 1. The normalized spacial score (nSPS) is 22.7. The van der Waals surface area contributed by atoms with Crippen LogP contribution in [0.15, 0.2) is 41.4 Å². The summed E-state index contributed by atoms with van der Waals surface area (Å²) < 4.78 is 6.29. The van der Waals surface area contributed by atoms with Crippen molar-refractivity contribution in [1.82, 2.24) is 9.80 Å². The largest absolute Gasteiger partial charge is 0.488 e. The lowest BCUT2D eigenvalue weighted by atomic mass is 10.1. The van der Waals surface area contributed by atoms with E-state index >= 15 is 0 Å². The molecule has 6 heteroatoms. The van der Waals surface area contributed by atoms with Gasteiger partial charge < -0.3 is 9.64 Å². The Labute approximate surface area is 170 Å². The van der Waals surface area contributed by atoms with Crippen LogP contribution in [0.1, 0.15) is 19.3 Å². The summed E-state index contributed by atoms with van der Waals surface area (Å²) in [5, 5.41) is 2.76. The minimum absolute atomic E-state index is 0.0848. The van der Waals surface area contributed by atoms with Crippen LogP contribution in [0.5, 0.6) is 5.75 Å². The van der Waals surface area contributed by atoms with Gasteiger partial charge in [0, 0.05) is 35.4 Å². The Morgan fingerprint density at radius 1 is 1.18 bits per heavy atom. The zero-order chi connectivity index (χ0) is 19.5. The predicted octanol–water partition coefficient (Wildman–Crippen LogP) is 3.64. The summed E-state index contributed by atoms with van der Waals surface area (Å²) in [5.74, 6) is 1.05. The van der Waals surface area contributed by atoms with Gasteiger partial charge in [-0.05, 0) is 38.1 Å². The van der Waals surface area contributed by atoms with Crippen molar-refractivity contribution in [3.8, 4) is 5.75 Å². The van der Waals surface area contributed by atoms with Crippen molar-refractivity contribution < 1.29 is 9.53 Å². The van der Waals surface area contributed by atoms with Crippen LogP contribution >= 0.6 is 11.6 Å². The number of benzene rings is 2. The van der Waals surface area contributed by atoms with Crippen LogP contribution in [0.2, 0.25) is 5.02 Å². The van der Waals surface area contributed by atoms with E-state index in [1.807, 2.05) is 41.3 Å². The smallest absolute Gasteiger partial charge is 0.237 e. The van der Waals surface area contributed by atoms with E-state index in [2.05, 4.69) is 16.6 Å². The van der Waals surface area contributed by atoms with Gasteiger partial charge in [-0.1, -0.05) is 35.9 Å². The molecule has 0 unspecified atom stereocenters. The third-order valence-electron chi connectivity index (χ3n) is 5.75. The summed E-state index contributed by atoms with van der Waals surface area (Å²) >= 11 is 6.31. The molecule has 148 valence electrons. The number of carbonyl (C=O) groups excluding carboxylic acids is 1. The molecular weight excluding hydrogens is 374 g/mol. The second-order valence-corrected chi connectivity index (χ2v) is 8.05. The van der Waals surface area contributed by atoms with E-state index in [9.17, 15) is 4.79 Å². The molecule has 2 aliphatic heterocycles. The van der Waals surface area contributed by atoms with Gasteiger partial charge in [-0.25, -0.2) is 0 Å². The third-order valence-corrected chi connectivity index (χ3v) is 6.08. The highest BCUT2D eigenvalue weighted by Gasteiger charge is 2.32. The molecule has 0 aromatic heterocycles. The van der Waals surface area contributed by atoms with Crippen molar-refractivity contribution in [2.24, 2.45) is 4.99 Å². The third kappa shape index (κ3) is 4.01. The first kappa shape index (κ1) is 19.2. The Morgan fingerprint density at radius 3 is 2.82 bits per heavy atom. The number of ether oxygens (including phenoxy) is 1. The molecule has 0 radical (unpaired) electrons. The molecule has 2 aromatic rings. The Balaban J connectivity index is 1.37. The van der Waals surface area contributed by atoms with Gasteiger partial charge in [-0.15, -0.1) is 0 Å². The molecule has 0 N–H and O–H groups in total. The van der Waals surface area contributed by atoms with Crippen molar-refractivity contribution in [3.63, 3.8) is 0 Å². The van der Waals surface area contributed by atoms with Crippen LogP contribution in [0.3, 0.4) is 0 Å². The number of hydrogen-bond acceptors (Lipinski definition) is 4. The highest BCUT2D eigenvalue weighted by atomic mass is 35.5. The van der Waals surface area contributed by atoms with E-state index in [1.165, 1.54) is 0 Å². The maximum Gasteiger partial charge on any atom is 0.237 e. The first-order chi connectivity index (χ1) is 13.7. The summed E-state index contributed by atoms with van der Waals surface area (Å²) in [7, 11) is 0. The summed E-state index contributed by atoms with van der Waals surface area (Å²) in [6.45, 7) is 7.14. The lowest BCUT2D eigenvalue weighted by Crippen LogP contribution is -2.43. The van der Waals surface area contributed by atoms with Crippen LogP contribution < -0.4 is 4.74 Å². The average molecular weight is 400 g/mol. The molecule has 1 amide bonds. The van der Waals surface area contributed by atoms with E-state index in [0.717, 1.165) is 60.4 Å². The minimum Gasteiger partial charge on any atom is -0.488 e. The zero-order valence-corrected chi connectivity index (χ0v) is 16.8. The minimum atomic E-state index is 0.0848. The standard InChI is InChI=1S/C22H26ClN3O2/c1-24-13-16-5-4-11-26(16)22(27)15-25-12-10-17(14-25)28-21-9-8-20(23)18-6-2-3-7-19(18)21/h2-3,6-9,16-17H,1,4-5,10-15H2/t16-,17-/m0/s1. The fourth-order valence-corrected chi connectivity index (χ4v) is 4.57. The van der Waals surface area contributed by atoms with Gasteiger partial charge in [0.05, 0.1) is 19.1 Å². The van der Waals surface area contributed by atoms with E-state index < -0.39 is 0 Å². The number of nitrogens with zero attached hydrogens (tertiary/aromatic N) is 3. The van der Waals surface area contributed by atoms with Crippen LogP contribution in [-0.4, -0.2) is 67.3 Å². The first-order valence-electron chi connectivity index (χ1n) is 9.94. The lowest BCUT2D eigenvalue weighted by Gasteiger charge is -2.26. The molecule has 2 heterocycles. The van der Waals surface area contributed by atoms with E-state index in [0.29, 0.717) is 13.1 Å². The molecule has 28 heavy (non-hydrogen) atoms. The fourth-order valence-electron chi connectivity index (χ4n) is 4.34. The molecule has 0 spiro atoms. The zero-order valence-electron chi connectivity index (χ0n) is 16.0. The first-order valence-corrected chi connectivity index (χ1v) is 10.3. The van der Waals surface area contributed by atoms with Gasteiger partial charge in [0.2, 0.25) is 5.91 Å². The molecule has 2 atom stereocenters. The molecule has 4 rings (SSSR count). The Hall–Kier alpha value is -2.11. The molecule has 2 aliphatic rings. The van der Waals surface area contributed by atoms with Gasteiger partial charge >= 0.3 is 0 Å². The summed E-state index contributed by atoms with van der Waals surface area (Å²) in [6.07, 6.45) is 3.09. The summed E-state index contributed by atoms with van der Waals surface area (Å²) in [6, 6.07) is 12.1. The van der Waals surface area contributed by atoms with Crippen molar-refractivity contribution in [2.75, 3.05) is 32.7 Å². The predicted molar refractivity (Wildman–Crippen MR) is 114 cm³/mol. The molecule has 2 saturated heterocycles. The van der Waals surface area contributed by atoms with Gasteiger partial charge in [-0.2, -0.15) is 0 Å². The summed E-state index contributed by atoms with van der Waals surface area (Å²) in [5.41, 5.74) is 0. The molecule has 0 saturated carbocycles. The molecule has 5 nitrogen and oxygen atoms in total. The van der Waals surface area contributed by atoms with Crippen LogP contribution in [-0.2, 0) is 4.79 Å². The fraction of sp³-hybridized carbons (Fsp3) is 0.455. The quantitative estimate of drug-likeness (QED) is 0.696. The van der Waals surface area contributed by atoms with Gasteiger partial charge in [0.1, 0.15) is 11.9 Å². The Morgan fingerprint density at radius 2 is 2.00 bits per heavy atom. The number of hydrogen-bond donors (Lipinski definition) is 0. The average Bonchev–Trinajstić information content (AvgIpc) is 3.34. The number of rotatable bonds is 6. The number of fused-ring (bicyclic) bond motifs is 1. The number of carbonyl (C=O) groups is 1. The monoisotopic (exact) mass is 399 g/mol. The highest BCUT2D eigenvalue weighted by Crippen LogP contribution is 2.32. The maximum absolute atomic E-state index is 12.7. The number of halogens is 1. The van der Waals surface area contributed by atoms with Crippen LogP contribution in [0.25, 0.3) is 10.8 Å². The second kappa shape index (κ2) is 8.50. The van der Waals surface area contributed by atoms with Crippen molar-refractivity contribution in [3.05, 3.63) is 41.4 Å². The van der Waals surface area contributed by atoms with E-state index in [1.54, 1.807) is 0 Å². The highest BCUT2D eigenvalue weighted by molar-refractivity contribution is 6.35. The molecule has 2 fully saturated rings. The lowest BCUT2D eigenvalue weighted by molar-refractivity contribution is -0.132. The Bertz CT molecular complexity index is 872. The van der Waals surface area contributed by atoms with Crippen molar-refractivity contribution in [1.29, 1.82) is 0 Å². The maximum atomic E-state index is 12.7. The van der Waals surface area contributed by atoms with E-state index in [-0.39, 0.29) is 18.1 Å². The van der Waals surface area contributed by atoms with Gasteiger partial charge in [-0.3, -0.25) is 14.7 Å². The molecule has 0 bridgehead atoms. The van der Waals surface area contributed by atoms with Crippen molar-refractivity contribution >= 4 is 35.0 Å². The van der Waals surface area contributed by atoms with E-state index in [4.69, 9.17) is 16.3 Å². The Kier molecular flexibility index (Phi) is 5.83. The van der Waals surface area contributed by atoms with Crippen molar-refractivity contribution in [2.45, 2.75) is 31.4 Å². The molecule has 0 aliphatic carbocycles. The van der Waals surface area contributed by atoms with Gasteiger partial charge in [0.15, 0.2) is 0 Å². The van der Waals surface area contributed by atoms with Crippen LogP contribution in [0.4, 0.5) is 0 Å². The number of likely N-dealkylation sites (tertiary alicyclic amines) is 2. The van der Waals surface area contributed by atoms with Gasteiger partial charge in [0.25, 0.3) is 0 Å².